The largest absolute Gasteiger partial charge is 0.480 e. The van der Waals surface area contributed by atoms with Crippen LogP contribution in [-0.2, 0) is 11.0 Å². The number of nitrogens with zero attached hydrogens (tertiary/aromatic N) is 1. The van der Waals surface area contributed by atoms with Gasteiger partial charge in [0, 0.05) is 5.69 Å². The van der Waals surface area contributed by atoms with Crippen LogP contribution in [0.3, 0.4) is 0 Å². The van der Waals surface area contributed by atoms with Crippen molar-refractivity contribution < 1.29 is 23.1 Å². The summed E-state index contributed by atoms with van der Waals surface area (Å²) >= 11 is 0. The molecule has 0 saturated heterocycles. The lowest BCUT2D eigenvalue weighted by Crippen LogP contribution is -2.45. The Morgan fingerprint density at radius 3 is 2.48 bits per heavy atom. The van der Waals surface area contributed by atoms with Crippen LogP contribution in [0.25, 0.3) is 0 Å². The zero-order chi connectivity index (χ0) is 15.8. The lowest BCUT2D eigenvalue weighted by Gasteiger charge is -2.27. The number of anilines is 1. The van der Waals surface area contributed by atoms with Gasteiger partial charge in [0.15, 0.2) is 0 Å². The first-order valence-corrected chi connectivity index (χ1v) is 6.31. The van der Waals surface area contributed by atoms with E-state index in [9.17, 15) is 23.1 Å². The van der Waals surface area contributed by atoms with Crippen molar-refractivity contribution in [3.63, 3.8) is 0 Å². The van der Waals surface area contributed by atoms with E-state index in [2.05, 4.69) is 5.32 Å². The fraction of sp³-hybridized carbons (Fsp3) is 0.429. The van der Waals surface area contributed by atoms with E-state index in [0.717, 1.165) is 25.0 Å². The predicted octanol–water partition coefficient (Wildman–Crippen LogP) is 3.24. The van der Waals surface area contributed by atoms with Crippen molar-refractivity contribution in [2.24, 2.45) is 5.92 Å². The summed E-state index contributed by atoms with van der Waals surface area (Å²) in [5.74, 6) is -1.22. The Balaban J connectivity index is 2.37. The maximum atomic E-state index is 12.9. The fourth-order valence-corrected chi connectivity index (χ4v) is 2.24. The maximum Gasteiger partial charge on any atom is 0.417 e. The molecule has 0 spiro atoms. The average molecular weight is 298 g/mol. The van der Waals surface area contributed by atoms with Gasteiger partial charge in [-0.15, -0.1) is 0 Å². The summed E-state index contributed by atoms with van der Waals surface area (Å²) in [7, 11) is 0. The summed E-state index contributed by atoms with van der Waals surface area (Å²) in [5, 5.41) is 20.7. The number of halogens is 3. The molecule has 1 aliphatic rings. The Bertz CT molecular complexity index is 618. The second-order valence-electron chi connectivity index (χ2n) is 5.28. The SMILES string of the molecule is CC(Nc1ccc(C#N)c(C(F)(F)F)c1)(C(=O)O)C1CC1. The number of aliphatic carboxylic acids is 1. The third-order valence-electron chi connectivity index (χ3n) is 3.69. The molecule has 1 fully saturated rings. The summed E-state index contributed by atoms with van der Waals surface area (Å²) in [6.07, 6.45) is -3.22. The number of carbonyl (C=O) groups is 1. The van der Waals surface area contributed by atoms with Crippen LogP contribution < -0.4 is 5.32 Å². The van der Waals surface area contributed by atoms with Crippen LogP contribution in [0.15, 0.2) is 18.2 Å². The normalized spacial score (nSPS) is 17.7. The van der Waals surface area contributed by atoms with Crippen LogP contribution in [0.5, 0.6) is 0 Å². The molecule has 1 unspecified atom stereocenters. The molecule has 0 bridgehead atoms. The van der Waals surface area contributed by atoms with Crippen LogP contribution in [0.1, 0.15) is 30.9 Å². The molecule has 0 aromatic heterocycles. The molecular formula is C14H13F3N2O2. The van der Waals surface area contributed by atoms with Gasteiger partial charge in [0.1, 0.15) is 5.54 Å². The van der Waals surface area contributed by atoms with E-state index in [0.29, 0.717) is 0 Å². The highest BCUT2D eigenvalue weighted by molar-refractivity contribution is 5.83. The molecule has 0 heterocycles. The molecule has 1 aliphatic carbocycles. The number of rotatable bonds is 4. The van der Waals surface area contributed by atoms with Gasteiger partial charge in [0.25, 0.3) is 0 Å². The number of hydrogen-bond acceptors (Lipinski definition) is 3. The van der Waals surface area contributed by atoms with Crippen LogP contribution in [-0.4, -0.2) is 16.6 Å². The molecule has 1 aromatic carbocycles. The minimum absolute atomic E-state index is 0.0399. The number of hydrogen-bond donors (Lipinski definition) is 2. The molecule has 2 rings (SSSR count). The van der Waals surface area contributed by atoms with Crippen LogP contribution in [0, 0.1) is 17.2 Å². The second kappa shape index (κ2) is 4.95. The first-order chi connectivity index (χ1) is 9.68. The van der Waals surface area contributed by atoms with Crippen molar-refractivity contribution in [3.05, 3.63) is 29.3 Å². The third-order valence-corrected chi connectivity index (χ3v) is 3.69. The predicted molar refractivity (Wildman–Crippen MR) is 68.5 cm³/mol. The zero-order valence-electron chi connectivity index (χ0n) is 11.2. The highest BCUT2D eigenvalue weighted by atomic mass is 19.4. The molecule has 0 aliphatic heterocycles. The monoisotopic (exact) mass is 298 g/mol. The molecule has 112 valence electrons. The van der Waals surface area contributed by atoms with Gasteiger partial charge in [-0.05, 0) is 43.9 Å². The zero-order valence-corrected chi connectivity index (χ0v) is 11.2. The summed E-state index contributed by atoms with van der Waals surface area (Å²) in [6, 6.07) is 4.60. The van der Waals surface area contributed by atoms with Gasteiger partial charge in [-0.1, -0.05) is 0 Å². The molecule has 21 heavy (non-hydrogen) atoms. The minimum atomic E-state index is -4.66. The van der Waals surface area contributed by atoms with Gasteiger partial charge < -0.3 is 10.4 Å². The minimum Gasteiger partial charge on any atom is -0.480 e. The highest BCUT2D eigenvalue weighted by Gasteiger charge is 2.47. The average Bonchev–Trinajstić information content (AvgIpc) is 3.21. The maximum absolute atomic E-state index is 12.9. The van der Waals surface area contributed by atoms with Crippen molar-refractivity contribution in [2.75, 3.05) is 5.32 Å². The van der Waals surface area contributed by atoms with Crippen LogP contribution >= 0.6 is 0 Å². The molecule has 1 saturated carbocycles. The Hall–Kier alpha value is -2.23. The van der Waals surface area contributed by atoms with Crippen molar-refractivity contribution in [2.45, 2.75) is 31.5 Å². The van der Waals surface area contributed by atoms with Gasteiger partial charge in [0.2, 0.25) is 0 Å². The van der Waals surface area contributed by atoms with Gasteiger partial charge >= 0.3 is 12.1 Å². The van der Waals surface area contributed by atoms with Crippen molar-refractivity contribution in [1.29, 1.82) is 5.26 Å². The number of carboxylic acids is 1. The number of alkyl halides is 3. The van der Waals surface area contributed by atoms with E-state index < -0.39 is 28.8 Å². The summed E-state index contributed by atoms with van der Waals surface area (Å²) in [5.41, 5.74) is -2.83. The lowest BCUT2D eigenvalue weighted by atomic mass is 9.95. The lowest BCUT2D eigenvalue weighted by molar-refractivity contribution is -0.142. The standard InChI is InChI=1S/C14H13F3N2O2/c1-13(12(20)21,9-3-4-9)19-10-5-2-8(7-18)11(6-10)14(15,16)17/h2,5-6,9,19H,3-4H2,1H3,(H,20,21). The molecule has 2 N–H and O–H groups in total. The number of carboxylic acid groups (broad SMARTS) is 1. The van der Waals surface area contributed by atoms with E-state index in [1.807, 2.05) is 0 Å². The topological polar surface area (TPSA) is 73.1 Å². The molecule has 7 heteroatoms. The molecular weight excluding hydrogens is 285 g/mol. The molecule has 1 aromatic rings. The van der Waals surface area contributed by atoms with E-state index >= 15 is 0 Å². The smallest absolute Gasteiger partial charge is 0.417 e. The Morgan fingerprint density at radius 1 is 1.43 bits per heavy atom. The molecule has 1 atom stereocenters. The molecule has 0 radical (unpaired) electrons. The summed E-state index contributed by atoms with van der Waals surface area (Å²) in [4.78, 5) is 11.4. The van der Waals surface area contributed by atoms with Gasteiger partial charge in [-0.2, -0.15) is 18.4 Å². The summed E-state index contributed by atoms with van der Waals surface area (Å²) in [6.45, 7) is 1.46. The van der Waals surface area contributed by atoms with Gasteiger partial charge in [-0.3, -0.25) is 0 Å². The van der Waals surface area contributed by atoms with Gasteiger partial charge in [0.05, 0.1) is 17.2 Å². The van der Waals surface area contributed by atoms with E-state index in [1.165, 1.54) is 19.1 Å². The van der Waals surface area contributed by atoms with Crippen LogP contribution in [0.4, 0.5) is 18.9 Å². The van der Waals surface area contributed by atoms with Crippen LogP contribution in [0.2, 0.25) is 0 Å². The quantitative estimate of drug-likeness (QED) is 0.895. The van der Waals surface area contributed by atoms with Crippen molar-refractivity contribution >= 4 is 11.7 Å². The van der Waals surface area contributed by atoms with E-state index in [4.69, 9.17) is 5.26 Å². The Labute approximate surface area is 119 Å². The van der Waals surface area contributed by atoms with Crippen molar-refractivity contribution in [3.8, 4) is 6.07 Å². The van der Waals surface area contributed by atoms with Gasteiger partial charge in [-0.25, -0.2) is 4.79 Å². The molecule has 4 nitrogen and oxygen atoms in total. The Kier molecular flexibility index (Phi) is 3.58. The summed E-state index contributed by atoms with van der Waals surface area (Å²) < 4.78 is 38.6. The first kappa shape index (κ1) is 15.2. The highest BCUT2D eigenvalue weighted by Crippen LogP contribution is 2.42. The van der Waals surface area contributed by atoms with E-state index in [-0.39, 0.29) is 11.6 Å². The number of benzene rings is 1. The molecule has 0 amide bonds. The Morgan fingerprint density at radius 2 is 2.05 bits per heavy atom. The fourth-order valence-electron chi connectivity index (χ4n) is 2.24. The number of nitrogens with one attached hydrogen (secondary N) is 1. The van der Waals surface area contributed by atoms with E-state index in [1.54, 1.807) is 0 Å². The van der Waals surface area contributed by atoms with Crippen molar-refractivity contribution in [1.82, 2.24) is 0 Å². The second-order valence-corrected chi connectivity index (χ2v) is 5.28. The third kappa shape index (κ3) is 2.94. The first-order valence-electron chi connectivity index (χ1n) is 6.31. The number of nitriles is 1.